The molecular formula is C11H13N3O2S2. The van der Waals surface area contributed by atoms with Crippen molar-refractivity contribution in [3.63, 3.8) is 0 Å². The molecule has 0 aliphatic rings. The molecule has 0 aliphatic carbocycles. The maximum atomic E-state index is 11.1. The Bertz CT molecular complexity index is 534. The van der Waals surface area contributed by atoms with Crippen LogP contribution in [0.15, 0.2) is 16.3 Å². The normalized spacial score (nSPS) is 11.4. The van der Waals surface area contributed by atoms with Crippen LogP contribution < -0.4 is 5.32 Å². The number of carboxylic acid groups (broad SMARTS) is 1. The lowest BCUT2D eigenvalue weighted by Crippen LogP contribution is -2.28. The first-order valence-corrected chi connectivity index (χ1v) is 7.12. The van der Waals surface area contributed by atoms with Crippen LogP contribution in [-0.2, 0) is 16.8 Å². The molecule has 0 saturated carbocycles. The number of aliphatic carboxylic acids is 1. The quantitative estimate of drug-likeness (QED) is 0.882. The number of carbonyl (C=O) groups is 1. The molecule has 2 aromatic heterocycles. The lowest BCUT2D eigenvalue weighted by molar-refractivity contribution is -0.142. The smallest absolute Gasteiger partial charge is 0.315 e. The second-order valence-corrected chi connectivity index (χ2v) is 5.88. The standard InChI is InChI=1S/C11H13N3O2S2/c1-11(2,9(15)16)8-5-18-10(14-8)12-3-7-4-17-6-13-7/h4-6H,3H2,1-2H3,(H,12,14)(H,15,16). The van der Waals surface area contributed by atoms with Crippen LogP contribution in [0.25, 0.3) is 0 Å². The monoisotopic (exact) mass is 283 g/mol. The summed E-state index contributed by atoms with van der Waals surface area (Å²) in [6.45, 7) is 3.90. The molecule has 0 aliphatic heterocycles. The molecule has 7 heteroatoms. The molecule has 18 heavy (non-hydrogen) atoms. The first-order chi connectivity index (χ1) is 8.50. The van der Waals surface area contributed by atoms with Gasteiger partial charge in [-0.25, -0.2) is 9.97 Å². The highest BCUT2D eigenvalue weighted by atomic mass is 32.1. The van der Waals surface area contributed by atoms with Gasteiger partial charge >= 0.3 is 5.97 Å². The number of aromatic nitrogens is 2. The Morgan fingerprint density at radius 1 is 1.50 bits per heavy atom. The fourth-order valence-corrected chi connectivity index (χ4v) is 2.68. The highest BCUT2D eigenvalue weighted by molar-refractivity contribution is 7.13. The second kappa shape index (κ2) is 5.03. The summed E-state index contributed by atoms with van der Waals surface area (Å²) in [7, 11) is 0. The Morgan fingerprint density at radius 3 is 2.89 bits per heavy atom. The third kappa shape index (κ3) is 2.68. The predicted molar refractivity (Wildman–Crippen MR) is 72.2 cm³/mol. The second-order valence-electron chi connectivity index (χ2n) is 4.30. The van der Waals surface area contributed by atoms with E-state index < -0.39 is 11.4 Å². The van der Waals surface area contributed by atoms with Crippen molar-refractivity contribution in [1.82, 2.24) is 9.97 Å². The largest absolute Gasteiger partial charge is 0.481 e. The van der Waals surface area contributed by atoms with E-state index in [2.05, 4.69) is 15.3 Å². The highest BCUT2D eigenvalue weighted by Crippen LogP contribution is 2.27. The molecule has 0 amide bonds. The molecule has 5 nitrogen and oxygen atoms in total. The summed E-state index contributed by atoms with van der Waals surface area (Å²) >= 11 is 2.95. The molecule has 0 bridgehead atoms. The van der Waals surface area contributed by atoms with Gasteiger partial charge in [-0.05, 0) is 13.8 Å². The van der Waals surface area contributed by atoms with E-state index in [1.807, 2.05) is 5.38 Å². The molecule has 0 unspecified atom stereocenters. The number of thiazole rings is 2. The summed E-state index contributed by atoms with van der Waals surface area (Å²) in [6, 6.07) is 0. The maximum absolute atomic E-state index is 11.1. The SMILES string of the molecule is CC(C)(C(=O)O)c1csc(NCc2cscn2)n1. The van der Waals surface area contributed by atoms with Gasteiger partial charge in [0.25, 0.3) is 0 Å². The van der Waals surface area contributed by atoms with E-state index in [1.165, 1.54) is 11.3 Å². The lowest BCUT2D eigenvalue weighted by atomic mass is 9.90. The number of anilines is 1. The molecule has 0 saturated heterocycles. The number of hydrogen-bond acceptors (Lipinski definition) is 6. The van der Waals surface area contributed by atoms with Crippen LogP contribution in [0, 0.1) is 0 Å². The van der Waals surface area contributed by atoms with E-state index in [-0.39, 0.29) is 0 Å². The first kappa shape index (κ1) is 13.0. The van der Waals surface area contributed by atoms with Gasteiger partial charge in [0.05, 0.1) is 23.4 Å². The minimum Gasteiger partial charge on any atom is -0.481 e. The van der Waals surface area contributed by atoms with Crippen LogP contribution in [0.2, 0.25) is 0 Å². The summed E-state index contributed by atoms with van der Waals surface area (Å²) in [6.07, 6.45) is 0. The van der Waals surface area contributed by atoms with Crippen LogP contribution in [0.5, 0.6) is 0 Å². The fourth-order valence-electron chi connectivity index (χ4n) is 1.24. The van der Waals surface area contributed by atoms with E-state index >= 15 is 0 Å². The van der Waals surface area contributed by atoms with Crippen LogP contribution >= 0.6 is 22.7 Å². The van der Waals surface area contributed by atoms with E-state index in [0.29, 0.717) is 17.4 Å². The maximum Gasteiger partial charge on any atom is 0.315 e. The summed E-state index contributed by atoms with van der Waals surface area (Å²) in [5.74, 6) is -0.876. The lowest BCUT2D eigenvalue weighted by Gasteiger charge is -2.15. The molecule has 0 aromatic carbocycles. The van der Waals surface area contributed by atoms with Crippen molar-refractivity contribution in [3.8, 4) is 0 Å². The molecule has 0 fully saturated rings. The molecule has 2 heterocycles. The zero-order valence-electron chi connectivity index (χ0n) is 10.0. The Labute approximate surface area is 113 Å². The van der Waals surface area contributed by atoms with Gasteiger partial charge in [0.1, 0.15) is 5.41 Å². The van der Waals surface area contributed by atoms with Gasteiger partial charge in [0.2, 0.25) is 0 Å². The van der Waals surface area contributed by atoms with Gasteiger partial charge in [0, 0.05) is 10.8 Å². The van der Waals surface area contributed by atoms with E-state index in [0.717, 1.165) is 5.69 Å². The fraction of sp³-hybridized carbons (Fsp3) is 0.364. The number of carboxylic acids is 1. The van der Waals surface area contributed by atoms with Crippen molar-refractivity contribution < 1.29 is 9.90 Å². The number of nitrogens with one attached hydrogen (secondary N) is 1. The van der Waals surface area contributed by atoms with Crippen LogP contribution in [0.4, 0.5) is 5.13 Å². The first-order valence-electron chi connectivity index (χ1n) is 5.30. The van der Waals surface area contributed by atoms with Gasteiger partial charge in [-0.3, -0.25) is 4.79 Å². The molecule has 0 radical (unpaired) electrons. The van der Waals surface area contributed by atoms with Crippen molar-refractivity contribution in [3.05, 3.63) is 27.7 Å². The Kier molecular flexibility index (Phi) is 3.63. The van der Waals surface area contributed by atoms with Crippen molar-refractivity contribution in [2.45, 2.75) is 25.8 Å². The summed E-state index contributed by atoms with van der Waals surface area (Å²) in [5.41, 5.74) is 2.34. The van der Waals surface area contributed by atoms with Crippen LogP contribution in [0.1, 0.15) is 25.2 Å². The van der Waals surface area contributed by atoms with Crippen molar-refractivity contribution >= 4 is 33.8 Å². The Morgan fingerprint density at radius 2 is 2.28 bits per heavy atom. The van der Waals surface area contributed by atoms with Crippen LogP contribution in [0.3, 0.4) is 0 Å². The van der Waals surface area contributed by atoms with Crippen molar-refractivity contribution in [1.29, 1.82) is 0 Å². The zero-order valence-corrected chi connectivity index (χ0v) is 11.6. The molecule has 2 rings (SSSR count). The van der Waals surface area contributed by atoms with Gasteiger partial charge in [-0.1, -0.05) is 0 Å². The molecule has 0 spiro atoms. The number of nitrogens with zero attached hydrogens (tertiary/aromatic N) is 2. The van der Waals surface area contributed by atoms with Gasteiger partial charge in [0.15, 0.2) is 5.13 Å². The van der Waals surface area contributed by atoms with Crippen LogP contribution in [-0.4, -0.2) is 21.0 Å². The van der Waals surface area contributed by atoms with Crippen molar-refractivity contribution in [2.24, 2.45) is 0 Å². The van der Waals surface area contributed by atoms with E-state index in [4.69, 9.17) is 5.11 Å². The minimum absolute atomic E-state index is 0.570. The molecule has 0 atom stereocenters. The summed E-state index contributed by atoms with van der Waals surface area (Å²) < 4.78 is 0. The predicted octanol–water partition coefficient (Wildman–Crippen LogP) is 2.57. The average molecular weight is 283 g/mol. The number of rotatable bonds is 5. The topological polar surface area (TPSA) is 75.1 Å². The molecule has 96 valence electrons. The Balaban J connectivity index is 2.04. The van der Waals surface area contributed by atoms with Gasteiger partial charge in [-0.2, -0.15) is 0 Å². The van der Waals surface area contributed by atoms with E-state index in [9.17, 15) is 4.79 Å². The number of hydrogen-bond donors (Lipinski definition) is 2. The Hall–Kier alpha value is -1.47. The third-order valence-electron chi connectivity index (χ3n) is 2.58. The average Bonchev–Trinajstić information content (AvgIpc) is 2.97. The van der Waals surface area contributed by atoms with Gasteiger partial charge < -0.3 is 10.4 Å². The van der Waals surface area contributed by atoms with Gasteiger partial charge in [-0.15, -0.1) is 22.7 Å². The zero-order chi connectivity index (χ0) is 13.2. The summed E-state index contributed by atoms with van der Waals surface area (Å²) in [5, 5.41) is 16.7. The van der Waals surface area contributed by atoms with Crippen molar-refractivity contribution in [2.75, 3.05) is 5.32 Å². The minimum atomic E-state index is -0.961. The molecule has 2 aromatic rings. The highest BCUT2D eigenvalue weighted by Gasteiger charge is 2.32. The molecular weight excluding hydrogens is 270 g/mol. The third-order valence-corrected chi connectivity index (χ3v) is 4.02. The molecule has 2 N–H and O–H groups in total. The van der Waals surface area contributed by atoms with E-state index in [1.54, 1.807) is 36.1 Å². The summed E-state index contributed by atoms with van der Waals surface area (Å²) in [4.78, 5) is 19.6.